The minimum Gasteiger partial charge on any atom is -0.463 e. The molecule has 1 saturated heterocycles. The summed E-state index contributed by atoms with van der Waals surface area (Å²) in [7, 11) is 0. The molecule has 0 aromatic carbocycles. The minimum absolute atomic E-state index is 0.0820. The van der Waals surface area contributed by atoms with Crippen LogP contribution in [0, 0.1) is 0 Å². The third-order valence-electron chi connectivity index (χ3n) is 3.18. The van der Waals surface area contributed by atoms with Gasteiger partial charge in [0.2, 0.25) is 5.72 Å². The maximum Gasteiger partial charge on any atom is 0.351 e. The number of ether oxygens (including phenoxy) is 2. The first-order valence-electron chi connectivity index (χ1n) is 6.35. The molecule has 124 valence electrons. The molecule has 0 radical (unpaired) electrons. The van der Waals surface area contributed by atoms with Crippen molar-refractivity contribution in [2.75, 3.05) is 12.3 Å². The van der Waals surface area contributed by atoms with Gasteiger partial charge >= 0.3 is 11.7 Å². The zero-order valence-corrected chi connectivity index (χ0v) is 11.9. The molecular weight excluding hydrogens is 315 g/mol. The molecule has 1 aromatic heterocycles. The number of hydrogen-bond donors (Lipinski definition) is 2. The highest BCUT2D eigenvalue weighted by molar-refractivity contribution is 5.66. The van der Waals surface area contributed by atoms with Crippen LogP contribution in [0.4, 0.5) is 10.2 Å². The average molecular weight is 328 g/mol. The number of aromatic nitrogens is 2. The van der Waals surface area contributed by atoms with E-state index < -0.39 is 42.5 Å². The van der Waals surface area contributed by atoms with E-state index in [2.05, 4.69) is 19.7 Å². The summed E-state index contributed by atoms with van der Waals surface area (Å²) >= 11 is 0. The second-order valence-corrected chi connectivity index (χ2v) is 4.75. The second kappa shape index (κ2) is 6.20. The lowest BCUT2D eigenvalue weighted by atomic mass is 10.1. The number of hydrogen-bond acceptors (Lipinski definition) is 8. The molecule has 0 amide bonds. The number of aliphatic hydroxyl groups is 1. The molecule has 0 bridgehead atoms. The normalized spacial score (nSPS) is 29.8. The number of esters is 1. The number of nitrogens with two attached hydrogens (primary N) is 1. The van der Waals surface area contributed by atoms with Crippen LogP contribution in [0.1, 0.15) is 13.2 Å². The van der Waals surface area contributed by atoms with Crippen LogP contribution in [-0.4, -0.2) is 45.2 Å². The molecule has 2 heterocycles. The van der Waals surface area contributed by atoms with Crippen molar-refractivity contribution in [2.24, 2.45) is 5.11 Å². The van der Waals surface area contributed by atoms with Crippen LogP contribution in [0.15, 0.2) is 22.2 Å². The molecule has 1 fully saturated rings. The van der Waals surface area contributed by atoms with Gasteiger partial charge in [0.15, 0.2) is 12.4 Å². The molecular formula is C11H13FN6O5. The monoisotopic (exact) mass is 328 g/mol. The fraction of sp³-hybridized carbons (Fsp3) is 0.545. The van der Waals surface area contributed by atoms with Gasteiger partial charge in [-0.1, -0.05) is 5.11 Å². The van der Waals surface area contributed by atoms with Crippen molar-refractivity contribution in [3.63, 3.8) is 0 Å². The van der Waals surface area contributed by atoms with Crippen molar-refractivity contribution in [3.8, 4) is 0 Å². The first kappa shape index (κ1) is 16.7. The quantitative estimate of drug-likeness (QED) is 0.329. The smallest absolute Gasteiger partial charge is 0.351 e. The van der Waals surface area contributed by atoms with Gasteiger partial charge in [-0.05, 0) is 11.6 Å². The third-order valence-corrected chi connectivity index (χ3v) is 3.18. The summed E-state index contributed by atoms with van der Waals surface area (Å²) in [6.07, 6.45) is -4.62. The Morgan fingerprint density at radius 2 is 2.48 bits per heavy atom. The van der Waals surface area contributed by atoms with E-state index in [4.69, 9.17) is 16.0 Å². The lowest BCUT2D eigenvalue weighted by molar-refractivity contribution is -0.163. The predicted octanol–water partition coefficient (Wildman–Crippen LogP) is -0.377. The molecule has 4 atom stereocenters. The zero-order valence-electron chi connectivity index (χ0n) is 11.9. The highest BCUT2D eigenvalue weighted by Gasteiger charge is 2.57. The first-order chi connectivity index (χ1) is 10.8. The van der Waals surface area contributed by atoms with Gasteiger partial charge in [0.1, 0.15) is 18.5 Å². The highest BCUT2D eigenvalue weighted by Crippen LogP contribution is 2.40. The van der Waals surface area contributed by atoms with E-state index in [0.29, 0.717) is 0 Å². The number of nitrogen functional groups attached to an aromatic ring is 1. The Morgan fingerprint density at radius 1 is 1.78 bits per heavy atom. The number of rotatable bonds is 4. The van der Waals surface area contributed by atoms with Crippen LogP contribution < -0.4 is 11.4 Å². The second-order valence-electron chi connectivity index (χ2n) is 4.75. The van der Waals surface area contributed by atoms with Gasteiger partial charge in [-0.2, -0.15) is 4.98 Å². The van der Waals surface area contributed by atoms with Crippen LogP contribution in [0.5, 0.6) is 0 Å². The summed E-state index contributed by atoms with van der Waals surface area (Å²) in [4.78, 5) is 28.6. The molecule has 0 saturated carbocycles. The Morgan fingerprint density at radius 3 is 3.04 bits per heavy atom. The van der Waals surface area contributed by atoms with Gasteiger partial charge < -0.3 is 20.3 Å². The standard InChI is InChI=1S/C11H13FN6O5/c1-5(19)22-4-11(16-17-14)8(20)7(12)9(23-11)18-3-2-6(13)15-10(18)21/h2-3,7-9,20H,4H2,1H3,(H2,13,15,21)/t7-,8-,9+,11+/m0/s1. The van der Waals surface area contributed by atoms with Gasteiger partial charge in [0.05, 0.1) is 0 Å². The van der Waals surface area contributed by atoms with Crippen molar-refractivity contribution in [3.05, 3.63) is 33.2 Å². The number of alkyl halides is 1. The highest BCUT2D eigenvalue weighted by atomic mass is 19.1. The number of azide groups is 1. The lowest BCUT2D eigenvalue weighted by Crippen LogP contribution is -2.44. The summed E-state index contributed by atoms with van der Waals surface area (Å²) in [5.41, 5.74) is 10.8. The lowest BCUT2D eigenvalue weighted by Gasteiger charge is -2.25. The number of aliphatic hydroxyl groups excluding tert-OH is 1. The predicted molar refractivity (Wildman–Crippen MR) is 72.4 cm³/mol. The van der Waals surface area contributed by atoms with Gasteiger partial charge in [-0.3, -0.25) is 9.36 Å². The molecule has 3 N–H and O–H groups in total. The van der Waals surface area contributed by atoms with E-state index in [1.165, 1.54) is 6.07 Å². The van der Waals surface area contributed by atoms with E-state index in [9.17, 15) is 19.1 Å². The molecule has 1 aromatic rings. The van der Waals surface area contributed by atoms with Crippen molar-refractivity contribution >= 4 is 11.8 Å². The fourth-order valence-corrected chi connectivity index (χ4v) is 2.09. The van der Waals surface area contributed by atoms with E-state index in [1.807, 2.05) is 0 Å². The Kier molecular flexibility index (Phi) is 4.50. The van der Waals surface area contributed by atoms with Crippen LogP contribution in [0.25, 0.3) is 10.4 Å². The SMILES string of the molecule is CC(=O)OC[C@@]1(N=[N+]=[N-])O[C@@H](n2ccc(N)nc2=O)[C@@H](F)[C@@H]1O. The number of carbonyl (C=O) groups excluding carboxylic acids is 1. The Balaban J connectivity index is 2.40. The third kappa shape index (κ3) is 3.08. The molecule has 0 spiro atoms. The van der Waals surface area contributed by atoms with E-state index >= 15 is 0 Å². The van der Waals surface area contributed by atoms with E-state index in [-0.39, 0.29) is 5.82 Å². The number of nitrogens with zero attached hydrogens (tertiary/aromatic N) is 5. The minimum atomic E-state index is -2.20. The zero-order chi connectivity index (χ0) is 17.2. The van der Waals surface area contributed by atoms with Crippen LogP contribution >= 0.6 is 0 Å². The molecule has 1 aliphatic rings. The summed E-state index contributed by atoms with van der Waals surface area (Å²) in [6, 6.07) is 1.23. The maximum absolute atomic E-state index is 14.4. The molecule has 12 heteroatoms. The number of halogens is 1. The van der Waals surface area contributed by atoms with Crippen molar-refractivity contribution in [1.29, 1.82) is 0 Å². The Bertz CT molecular complexity index is 719. The summed E-state index contributed by atoms with van der Waals surface area (Å²) in [5, 5.41) is 13.2. The van der Waals surface area contributed by atoms with Gasteiger partial charge in [-0.15, -0.1) is 0 Å². The molecule has 0 unspecified atom stereocenters. The molecule has 0 aliphatic carbocycles. The molecule has 2 rings (SSSR count). The van der Waals surface area contributed by atoms with E-state index in [1.54, 1.807) is 0 Å². The largest absolute Gasteiger partial charge is 0.463 e. The number of anilines is 1. The summed E-state index contributed by atoms with van der Waals surface area (Å²) < 4.78 is 25.0. The fourth-order valence-electron chi connectivity index (χ4n) is 2.09. The van der Waals surface area contributed by atoms with Crippen molar-refractivity contribution in [2.45, 2.75) is 31.2 Å². The summed E-state index contributed by atoms with van der Waals surface area (Å²) in [5.74, 6) is -0.833. The van der Waals surface area contributed by atoms with E-state index in [0.717, 1.165) is 17.7 Å². The van der Waals surface area contributed by atoms with Crippen LogP contribution in [-0.2, 0) is 14.3 Å². The van der Waals surface area contributed by atoms with Gasteiger partial charge in [0, 0.05) is 18.0 Å². The number of carbonyl (C=O) groups is 1. The van der Waals surface area contributed by atoms with Gasteiger partial charge in [0.25, 0.3) is 0 Å². The average Bonchev–Trinajstić information content (AvgIpc) is 2.72. The molecule has 1 aliphatic heterocycles. The topological polar surface area (TPSA) is 165 Å². The summed E-state index contributed by atoms with van der Waals surface area (Å²) in [6.45, 7) is 0.353. The van der Waals surface area contributed by atoms with Crippen molar-refractivity contribution < 1.29 is 23.8 Å². The van der Waals surface area contributed by atoms with Crippen LogP contribution in [0.2, 0.25) is 0 Å². The molecule has 23 heavy (non-hydrogen) atoms. The van der Waals surface area contributed by atoms with Gasteiger partial charge in [-0.25, -0.2) is 9.18 Å². The Labute approximate surface area is 128 Å². The maximum atomic E-state index is 14.4. The van der Waals surface area contributed by atoms with Crippen LogP contribution in [0.3, 0.4) is 0 Å². The van der Waals surface area contributed by atoms with Crippen molar-refractivity contribution in [1.82, 2.24) is 9.55 Å². The molecule has 11 nitrogen and oxygen atoms in total. The first-order valence-corrected chi connectivity index (χ1v) is 6.35. The Hall–Kier alpha value is -2.69.